The summed E-state index contributed by atoms with van der Waals surface area (Å²) in [6, 6.07) is 11.8. The largest absolute Gasteiger partial charge is 0.454 e. The van der Waals surface area contributed by atoms with Gasteiger partial charge in [0, 0.05) is 17.6 Å². The van der Waals surface area contributed by atoms with Crippen molar-refractivity contribution in [3.05, 3.63) is 73.7 Å². The summed E-state index contributed by atoms with van der Waals surface area (Å²) >= 11 is 14.2. The lowest BCUT2D eigenvalue weighted by Gasteiger charge is -2.27. The lowest BCUT2D eigenvalue weighted by molar-refractivity contribution is -0.120. The SMILES string of the molecule is C[C@@H]1CCN([C@H](c2ccc(Cl)c(Cl)c2)c2cnc(CC(=O)C3(c4ccc5c(c4)OCO5)CC3)s2)C1. The smallest absolute Gasteiger partial charge is 0.231 e. The zero-order valence-corrected chi connectivity index (χ0v) is 21.8. The van der Waals surface area contributed by atoms with Gasteiger partial charge in [-0.1, -0.05) is 42.3 Å². The van der Waals surface area contributed by atoms with E-state index in [1.165, 1.54) is 6.42 Å². The molecule has 0 unspecified atom stereocenters. The zero-order valence-electron chi connectivity index (χ0n) is 19.4. The molecule has 5 nitrogen and oxygen atoms in total. The van der Waals surface area contributed by atoms with Gasteiger partial charge in [-0.2, -0.15) is 0 Å². The van der Waals surface area contributed by atoms with Gasteiger partial charge in [0.05, 0.1) is 27.9 Å². The molecule has 0 spiro atoms. The first kappa shape index (κ1) is 23.3. The van der Waals surface area contributed by atoms with E-state index in [4.69, 9.17) is 37.7 Å². The molecule has 1 aromatic heterocycles. The van der Waals surface area contributed by atoms with E-state index >= 15 is 0 Å². The lowest BCUT2D eigenvalue weighted by Crippen LogP contribution is -2.26. The summed E-state index contributed by atoms with van der Waals surface area (Å²) in [5, 5.41) is 1.97. The van der Waals surface area contributed by atoms with Crippen molar-refractivity contribution in [1.29, 1.82) is 0 Å². The molecule has 2 aromatic carbocycles. The second-order valence-corrected chi connectivity index (χ2v) is 11.8. The number of halogens is 2. The van der Waals surface area contributed by atoms with Gasteiger partial charge in [-0.05, 0) is 67.1 Å². The Hall–Kier alpha value is -2.12. The van der Waals surface area contributed by atoms with Crippen molar-refractivity contribution in [3.8, 4) is 11.5 Å². The highest BCUT2D eigenvalue weighted by Crippen LogP contribution is 2.52. The molecule has 182 valence electrons. The van der Waals surface area contributed by atoms with Crippen molar-refractivity contribution in [1.82, 2.24) is 9.88 Å². The number of carbonyl (C=O) groups is 1. The Morgan fingerprint density at radius 2 is 2.00 bits per heavy atom. The molecule has 3 aliphatic rings. The molecule has 2 fully saturated rings. The first-order valence-electron chi connectivity index (χ1n) is 12.0. The van der Waals surface area contributed by atoms with Crippen LogP contribution in [0.2, 0.25) is 10.0 Å². The van der Waals surface area contributed by atoms with E-state index in [2.05, 4.69) is 11.8 Å². The summed E-state index contributed by atoms with van der Waals surface area (Å²) in [6.45, 7) is 4.56. The van der Waals surface area contributed by atoms with E-state index in [0.29, 0.717) is 22.4 Å². The van der Waals surface area contributed by atoms with Gasteiger partial charge in [0.2, 0.25) is 6.79 Å². The highest BCUT2D eigenvalue weighted by atomic mass is 35.5. The van der Waals surface area contributed by atoms with E-state index in [9.17, 15) is 4.79 Å². The fourth-order valence-electron chi connectivity index (χ4n) is 5.33. The van der Waals surface area contributed by atoms with Crippen LogP contribution in [0, 0.1) is 5.92 Å². The third kappa shape index (κ3) is 4.35. The van der Waals surface area contributed by atoms with Crippen molar-refractivity contribution in [2.45, 2.75) is 44.1 Å². The summed E-state index contributed by atoms with van der Waals surface area (Å²) in [7, 11) is 0. The molecule has 0 N–H and O–H groups in total. The van der Waals surface area contributed by atoms with E-state index in [1.54, 1.807) is 11.3 Å². The number of carbonyl (C=O) groups excluding carboxylic acids is 1. The van der Waals surface area contributed by atoms with Crippen LogP contribution in [-0.2, 0) is 16.6 Å². The summed E-state index contributed by atoms with van der Waals surface area (Å²) < 4.78 is 11.0. The van der Waals surface area contributed by atoms with Crippen LogP contribution in [0.15, 0.2) is 42.6 Å². The molecule has 3 aromatic rings. The molecule has 3 heterocycles. The second kappa shape index (κ2) is 9.07. The summed E-state index contributed by atoms with van der Waals surface area (Å²) in [6.07, 6.45) is 5.16. The molecule has 0 amide bonds. The Kier molecular flexibility index (Phi) is 6.04. The normalized spacial score (nSPS) is 21.3. The highest BCUT2D eigenvalue weighted by Gasteiger charge is 2.51. The van der Waals surface area contributed by atoms with Crippen molar-refractivity contribution in [2.75, 3.05) is 19.9 Å². The predicted octanol–water partition coefficient (Wildman–Crippen LogP) is 6.45. The number of hydrogen-bond donors (Lipinski definition) is 0. The molecule has 1 saturated carbocycles. The fourth-order valence-corrected chi connectivity index (χ4v) is 6.72. The maximum absolute atomic E-state index is 13.5. The molecule has 2 aliphatic heterocycles. The Morgan fingerprint density at radius 3 is 2.74 bits per heavy atom. The highest BCUT2D eigenvalue weighted by molar-refractivity contribution is 7.11. The van der Waals surface area contributed by atoms with E-state index < -0.39 is 5.41 Å². The minimum atomic E-state index is -0.430. The van der Waals surface area contributed by atoms with E-state index in [1.807, 2.05) is 42.6 Å². The van der Waals surface area contributed by atoms with Crippen LogP contribution in [0.4, 0.5) is 0 Å². The number of ether oxygens (including phenoxy) is 2. The number of benzene rings is 2. The number of hydrogen-bond acceptors (Lipinski definition) is 6. The van der Waals surface area contributed by atoms with Crippen molar-refractivity contribution >= 4 is 40.3 Å². The minimum absolute atomic E-state index is 0.0554. The maximum Gasteiger partial charge on any atom is 0.231 e. The number of aromatic nitrogens is 1. The Morgan fingerprint density at radius 1 is 1.17 bits per heavy atom. The molecule has 1 aliphatic carbocycles. The number of nitrogens with zero attached hydrogens (tertiary/aromatic N) is 2. The topological polar surface area (TPSA) is 51.7 Å². The van der Waals surface area contributed by atoms with Crippen LogP contribution < -0.4 is 9.47 Å². The van der Waals surface area contributed by atoms with Gasteiger partial charge in [-0.15, -0.1) is 11.3 Å². The third-order valence-electron chi connectivity index (χ3n) is 7.44. The molecule has 6 rings (SSSR count). The predicted molar refractivity (Wildman–Crippen MR) is 138 cm³/mol. The van der Waals surface area contributed by atoms with E-state index in [-0.39, 0.29) is 18.6 Å². The quantitative estimate of drug-likeness (QED) is 0.352. The van der Waals surface area contributed by atoms with Gasteiger partial charge in [0.15, 0.2) is 11.5 Å². The number of rotatable bonds is 7. The Bertz CT molecular complexity index is 1290. The van der Waals surface area contributed by atoms with Gasteiger partial charge in [0.25, 0.3) is 0 Å². The number of likely N-dealkylation sites (tertiary alicyclic amines) is 1. The van der Waals surface area contributed by atoms with Crippen molar-refractivity contribution in [2.24, 2.45) is 5.92 Å². The zero-order chi connectivity index (χ0) is 24.2. The van der Waals surface area contributed by atoms with Gasteiger partial charge in [-0.3, -0.25) is 9.69 Å². The lowest BCUT2D eigenvalue weighted by atomic mass is 9.89. The molecular weight excluding hydrogens is 503 g/mol. The van der Waals surface area contributed by atoms with Crippen LogP contribution >= 0.6 is 34.5 Å². The summed E-state index contributed by atoms with van der Waals surface area (Å²) in [5.74, 6) is 2.33. The van der Waals surface area contributed by atoms with E-state index in [0.717, 1.165) is 58.4 Å². The molecular formula is C27H26Cl2N2O3S. The molecule has 2 atom stereocenters. The van der Waals surface area contributed by atoms with Gasteiger partial charge < -0.3 is 9.47 Å². The Balaban J connectivity index is 1.25. The number of fused-ring (bicyclic) bond motifs is 1. The van der Waals surface area contributed by atoms with Gasteiger partial charge in [0.1, 0.15) is 10.8 Å². The summed E-state index contributed by atoms with van der Waals surface area (Å²) in [4.78, 5) is 21.8. The number of thiazole rings is 1. The standard InChI is InChI=1S/C27H26Cl2N2O3S/c1-16-6-9-31(14-16)26(17-2-4-19(28)20(29)10-17)23-13-30-25(35-23)12-24(32)27(7-8-27)18-3-5-21-22(11-18)34-15-33-21/h2-5,10-11,13,16,26H,6-9,12,14-15H2,1H3/t16-,26-/m1/s1. The molecule has 35 heavy (non-hydrogen) atoms. The van der Waals surface area contributed by atoms with Gasteiger partial charge in [-0.25, -0.2) is 4.98 Å². The van der Waals surface area contributed by atoms with Crippen LogP contribution in [0.3, 0.4) is 0 Å². The van der Waals surface area contributed by atoms with Crippen molar-refractivity contribution < 1.29 is 14.3 Å². The average molecular weight is 529 g/mol. The Labute approximate surface area is 219 Å². The maximum atomic E-state index is 13.5. The average Bonchev–Trinajstić information content (AvgIpc) is 3.13. The van der Waals surface area contributed by atoms with Crippen LogP contribution in [0.1, 0.15) is 53.2 Å². The second-order valence-electron chi connectivity index (χ2n) is 9.87. The molecule has 8 heteroatoms. The number of Topliss-reactive ketones (excluding diaryl/α,β-unsaturated/α-hetero) is 1. The molecule has 0 radical (unpaired) electrons. The molecule has 0 bridgehead atoms. The third-order valence-corrected chi connectivity index (χ3v) is 9.23. The monoisotopic (exact) mass is 528 g/mol. The van der Waals surface area contributed by atoms with Crippen LogP contribution in [-0.4, -0.2) is 35.5 Å². The van der Waals surface area contributed by atoms with Gasteiger partial charge >= 0.3 is 0 Å². The van der Waals surface area contributed by atoms with Crippen LogP contribution in [0.5, 0.6) is 11.5 Å². The minimum Gasteiger partial charge on any atom is -0.454 e. The number of ketones is 1. The molecule has 1 saturated heterocycles. The van der Waals surface area contributed by atoms with Crippen molar-refractivity contribution in [3.63, 3.8) is 0 Å². The first-order chi connectivity index (χ1) is 16.9. The summed E-state index contributed by atoms with van der Waals surface area (Å²) in [5.41, 5.74) is 1.69. The van der Waals surface area contributed by atoms with Crippen LogP contribution in [0.25, 0.3) is 0 Å². The fraction of sp³-hybridized carbons (Fsp3) is 0.407. The first-order valence-corrected chi connectivity index (χ1v) is 13.6.